The van der Waals surface area contributed by atoms with Crippen molar-refractivity contribution in [2.75, 3.05) is 27.9 Å². The number of carbonyl (C=O) groups is 1. The van der Waals surface area contributed by atoms with Gasteiger partial charge in [0, 0.05) is 17.7 Å². The zero-order chi connectivity index (χ0) is 19.6. The van der Waals surface area contributed by atoms with Crippen LogP contribution in [-0.2, 0) is 9.53 Å². The van der Waals surface area contributed by atoms with Gasteiger partial charge in [-0.05, 0) is 35.9 Å². The normalized spacial score (nSPS) is 11.0. The topological polar surface area (TPSA) is 54.0 Å². The maximum Gasteiger partial charge on any atom is 0.331 e. The van der Waals surface area contributed by atoms with Crippen LogP contribution in [0.25, 0.3) is 12.2 Å². The fourth-order valence-electron chi connectivity index (χ4n) is 2.27. The minimum atomic E-state index is -0.497. The van der Waals surface area contributed by atoms with Gasteiger partial charge in [0.2, 0.25) is 0 Å². The summed E-state index contributed by atoms with van der Waals surface area (Å²) in [5, 5.41) is 0. The van der Waals surface area contributed by atoms with Crippen LogP contribution in [0.15, 0.2) is 48.6 Å². The fourth-order valence-corrected chi connectivity index (χ4v) is 2.27. The van der Waals surface area contributed by atoms with Crippen LogP contribution < -0.4 is 14.2 Å². The van der Waals surface area contributed by atoms with Gasteiger partial charge in [0.15, 0.2) is 11.5 Å². The molecule has 0 saturated heterocycles. The lowest BCUT2D eigenvalue weighted by Gasteiger charge is -2.12. The summed E-state index contributed by atoms with van der Waals surface area (Å²) in [6, 6.07) is 9.28. The molecule has 0 radical (unpaired) electrons. The highest BCUT2D eigenvalue weighted by molar-refractivity contribution is 5.87. The first-order chi connectivity index (χ1) is 13.1. The number of halogens is 1. The lowest BCUT2D eigenvalue weighted by molar-refractivity contribution is -0.136. The molecule has 0 aliphatic carbocycles. The van der Waals surface area contributed by atoms with E-state index >= 15 is 0 Å². The Morgan fingerprint density at radius 1 is 0.926 bits per heavy atom. The predicted octanol–water partition coefficient (Wildman–Crippen LogP) is 4.12. The molecule has 0 bridgehead atoms. The van der Waals surface area contributed by atoms with Gasteiger partial charge in [0.1, 0.15) is 18.2 Å². The molecule has 0 aliphatic rings. The van der Waals surface area contributed by atoms with E-state index in [0.29, 0.717) is 22.8 Å². The van der Waals surface area contributed by atoms with Crippen molar-refractivity contribution in [3.63, 3.8) is 0 Å². The smallest absolute Gasteiger partial charge is 0.331 e. The standard InChI is InChI=1S/C21H21FO5/c1-24-18-14-20(26-3)19(25-2)13-16(18)5-4-12-27-21(23)11-8-15-6-9-17(22)10-7-15/h4-11,13-14H,12H2,1-3H3/b5-4+,11-8+. The molecule has 0 heterocycles. The Morgan fingerprint density at radius 3 is 2.19 bits per heavy atom. The first kappa shape index (κ1) is 20.0. The van der Waals surface area contributed by atoms with Gasteiger partial charge >= 0.3 is 5.97 Å². The Kier molecular flexibility index (Phi) is 7.43. The maximum atomic E-state index is 12.8. The highest BCUT2D eigenvalue weighted by atomic mass is 19.1. The molecule has 27 heavy (non-hydrogen) atoms. The zero-order valence-corrected chi connectivity index (χ0v) is 15.4. The van der Waals surface area contributed by atoms with Crippen molar-refractivity contribution < 1.29 is 28.1 Å². The van der Waals surface area contributed by atoms with Gasteiger partial charge in [0.25, 0.3) is 0 Å². The summed E-state index contributed by atoms with van der Waals surface area (Å²) in [6.07, 6.45) is 6.30. The average molecular weight is 372 g/mol. The molecule has 2 aromatic rings. The second kappa shape index (κ2) is 10.0. The van der Waals surface area contributed by atoms with E-state index in [-0.39, 0.29) is 12.4 Å². The Labute approximate surface area is 157 Å². The van der Waals surface area contributed by atoms with Crippen molar-refractivity contribution in [1.82, 2.24) is 0 Å². The number of esters is 1. The Bertz CT molecular complexity index is 825. The van der Waals surface area contributed by atoms with Crippen molar-refractivity contribution in [2.24, 2.45) is 0 Å². The van der Waals surface area contributed by atoms with Gasteiger partial charge in [-0.1, -0.05) is 18.2 Å². The van der Waals surface area contributed by atoms with E-state index in [4.69, 9.17) is 18.9 Å². The Morgan fingerprint density at radius 2 is 1.56 bits per heavy atom. The summed E-state index contributed by atoms with van der Waals surface area (Å²) in [4.78, 5) is 11.7. The highest BCUT2D eigenvalue weighted by Gasteiger charge is 2.09. The molecule has 0 unspecified atom stereocenters. The number of methoxy groups -OCH3 is 3. The molecule has 0 atom stereocenters. The van der Waals surface area contributed by atoms with Crippen molar-refractivity contribution in [1.29, 1.82) is 0 Å². The van der Waals surface area contributed by atoms with E-state index in [9.17, 15) is 9.18 Å². The summed E-state index contributed by atoms with van der Waals surface area (Å²) in [5.74, 6) is 0.904. The molecule has 0 fully saturated rings. The number of carbonyl (C=O) groups excluding carboxylic acids is 1. The first-order valence-corrected chi connectivity index (χ1v) is 8.14. The number of hydrogen-bond acceptors (Lipinski definition) is 5. The molecule has 0 spiro atoms. The molecule has 0 aliphatic heterocycles. The number of hydrogen-bond donors (Lipinski definition) is 0. The van der Waals surface area contributed by atoms with Gasteiger partial charge in [-0.2, -0.15) is 0 Å². The second-order valence-electron chi connectivity index (χ2n) is 5.37. The fraction of sp³-hybridized carbons (Fsp3) is 0.190. The largest absolute Gasteiger partial charge is 0.496 e. The van der Waals surface area contributed by atoms with Crippen molar-refractivity contribution in [3.05, 3.63) is 65.5 Å². The monoisotopic (exact) mass is 372 g/mol. The third-order valence-corrected chi connectivity index (χ3v) is 3.64. The third-order valence-electron chi connectivity index (χ3n) is 3.64. The van der Waals surface area contributed by atoms with Crippen LogP contribution in [0.4, 0.5) is 4.39 Å². The van der Waals surface area contributed by atoms with E-state index in [1.165, 1.54) is 18.2 Å². The van der Waals surface area contributed by atoms with Gasteiger partial charge in [0.05, 0.1) is 21.3 Å². The van der Waals surface area contributed by atoms with Crippen molar-refractivity contribution in [2.45, 2.75) is 0 Å². The Balaban J connectivity index is 1.95. The van der Waals surface area contributed by atoms with Crippen LogP contribution in [0.3, 0.4) is 0 Å². The number of benzene rings is 2. The molecule has 0 N–H and O–H groups in total. The van der Waals surface area contributed by atoms with E-state index in [1.54, 1.807) is 63.8 Å². The molecule has 2 aromatic carbocycles. The molecule has 5 nitrogen and oxygen atoms in total. The molecular formula is C21H21FO5. The molecule has 2 rings (SSSR count). The molecule has 0 aromatic heterocycles. The van der Waals surface area contributed by atoms with E-state index in [0.717, 1.165) is 5.56 Å². The first-order valence-electron chi connectivity index (χ1n) is 8.14. The molecule has 0 amide bonds. The predicted molar refractivity (Wildman–Crippen MR) is 102 cm³/mol. The quantitative estimate of drug-likeness (QED) is 0.515. The van der Waals surface area contributed by atoms with Crippen LogP contribution in [0, 0.1) is 5.82 Å². The Hall–Kier alpha value is -3.28. The lowest BCUT2D eigenvalue weighted by atomic mass is 10.1. The van der Waals surface area contributed by atoms with Gasteiger partial charge in [-0.25, -0.2) is 9.18 Å². The molecular weight excluding hydrogens is 351 g/mol. The molecule has 142 valence electrons. The zero-order valence-electron chi connectivity index (χ0n) is 15.4. The minimum Gasteiger partial charge on any atom is -0.496 e. The van der Waals surface area contributed by atoms with Crippen LogP contribution in [0.2, 0.25) is 0 Å². The second-order valence-corrected chi connectivity index (χ2v) is 5.37. The van der Waals surface area contributed by atoms with Crippen LogP contribution in [-0.4, -0.2) is 33.9 Å². The summed E-state index contributed by atoms with van der Waals surface area (Å²) >= 11 is 0. The van der Waals surface area contributed by atoms with Crippen molar-refractivity contribution in [3.8, 4) is 17.2 Å². The summed E-state index contributed by atoms with van der Waals surface area (Å²) in [7, 11) is 4.65. The summed E-state index contributed by atoms with van der Waals surface area (Å²) in [6.45, 7) is 0.0874. The molecule has 6 heteroatoms. The highest BCUT2D eigenvalue weighted by Crippen LogP contribution is 2.35. The van der Waals surface area contributed by atoms with Gasteiger partial charge in [-0.3, -0.25) is 0 Å². The van der Waals surface area contributed by atoms with E-state index in [1.807, 2.05) is 0 Å². The van der Waals surface area contributed by atoms with Gasteiger partial charge < -0.3 is 18.9 Å². The van der Waals surface area contributed by atoms with E-state index in [2.05, 4.69) is 0 Å². The van der Waals surface area contributed by atoms with Gasteiger partial charge in [-0.15, -0.1) is 0 Å². The van der Waals surface area contributed by atoms with Crippen molar-refractivity contribution >= 4 is 18.1 Å². The molecule has 0 saturated carbocycles. The summed E-state index contributed by atoms with van der Waals surface area (Å²) in [5.41, 5.74) is 1.46. The van der Waals surface area contributed by atoms with Crippen LogP contribution in [0.5, 0.6) is 17.2 Å². The summed E-state index contributed by atoms with van der Waals surface area (Å²) < 4.78 is 33.8. The SMILES string of the molecule is COc1cc(OC)c(OC)cc1/C=C/COC(=O)/C=C/c1ccc(F)cc1. The maximum absolute atomic E-state index is 12.8. The number of ether oxygens (including phenoxy) is 4. The van der Waals surface area contributed by atoms with Crippen LogP contribution >= 0.6 is 0 Å². The van der Waals surface area contributed by atoms with E-state index < -0.39 is 5.97 Å². The minimum absolute atomic E-state index is 0.0874. The lowest BCUT2D eigenvalue weighted by Crippen LogP contribution is -2.00. The third kappa shape index (κ3) is 5.88. The van der Waals surface area contributed by atoms with Crippen LogP contribution in [0.1, 0.15) is 11.1 Å². The average Bonchev–Trinajstić information content (AvgIpc) is 2.70. The number of rotatable bonds is 8.